The van der Waals surface area contributed by atoms with Crippen LogP contribution in [0.2, 0.25) is 0 Å². The number of esters is 1. The van der Waals surface area contributed by atoms with Crippen LogP contribution in [0, 0.1) is 25.2 Å². The number of para-hydroxylation sites is 1. The van der Waals surface area contributed by atoms with E-state index in [9.17, 15) is 9.59 Å². The molecule has 2 aromatic rings. The fraction of sp³-hybridized carbons (Fsp3) is 0.250. The zero-order valence-corrected chi connectivity index (χ0v) is 15.6. The van der Waals surface area contributed by atoms with Crippen LogP contribution in [0.5, 0.6) is 0 Å². The lowest BCUT2D eigenvalue weighted by molar-refractivity contribution is -0.146. The van der Waals surface area contributed by atoms with Crippen molar-refractivity contribution in [2.45, 2.75) is 25.2 Å². The van der Waals surface area contributed by atoms with E-state index in [-0.39, 0.29) is 18.8 Å². The van der Waals surface area contributed by atoms with Crippen LogP contribution in [-0.2, 0) is 20.7 Å². The van der Waals surface area contributed by atoms with Crippen molar-refractivity contribution in [3.63, 3.8) is 0 Å². The minimum Gasteiger partial charge on any atom is -0.455 e. The maximum absolute atomic E-state index is 12.0. The molecule has 0 heterocycles. The van der Waals surface area contributed by atoms with E-state index in [1.807, 2.05) is 50.2 Å². The van der Waals surface area contributed by atoms with Crippen LogP contribution in [0.3, 0.4) is 0 Å². The second kappa shape index (κ2) is 9.64. The molecule has 26 heavy (non-hydrogen) atoms. The van der Waals surface area contributed by atoms with Crippen molar-refractivity contribution in [3.05, 3.63) is 59.2 Å². The van der Waals surface area contributed by atoms with Crippen LogP contribution < -0.4 is 5.32 Å². The molecule has 0 unspecified atom stereocenters. The Morgan fingerprint density at radius 3 is 2.65 bits per heavy atom. The smallest absolute Gasteiger partial charge is 0.310 e. The van der Waals surface area contributed by atoms with Crippen molar-refractivity contribution in [2.24, 2.45) is 0 Å². The second-order valence-electron chi connectivity index (χ2n) is 5.75. The lowest BCUT2D eigenvalue weighted by Crippen LogP contribution is -2.22. The molecule has 1 amide bonds. The molecule has 134 valence electrons. The van der Waals surface area contributed by atoms with E-state index >= 15 is 0 Å². The average Bonchev–Trinajstić information content (AvgIpc) is 2.62. The van der Waals surface area contributed by atoms with E-state index in [0.717, 1.165) is 21.6 Å². The van der Waals surface area contributed by atoms with E-state index in [1.54, 1.807) is 12.1 Å². The maximum Gasteiger partial charge on any atom is 0.310 e. The quantitative estimate of drug-likeness (QED) is 0.596. The largest absolute Gasteiger partial charge is 0.455 e. The number of benzene rings is 2. The van der Waals surface area contributed by atoms with Gasteiger partial charge in [0.2, 0.25) is 0 Å². The van der Waals surface area contributed by atoms with Gasteiger partial charge >= 0.3 is 5.97 Å². The number of rotatable bonds is 7. The summed E-state index contributed by atoms with van der Waals surface area (Å²) in [6.45, 7) is 3.65. The Hall–Kier alpha value is -2.78. The van der Waals surface area contributed by atoms with E-state index < -0.39 is 11.9 Å². The number of carbonyl (C=O) groups is 2. The van der Waals surface area contributed by atoms with Crippen LogP contribution in [0.15, 0.2) is 47.4 Å². The van der Waals surface area contributed by atoms with Crippen LogP contribution >= 0.6 is 11.8 Å². The van der Waals surface area contributed by atoms with Gasteiger partial charge in [-0.05, 0) is 42.7 Å². The number of amides is 1. The molecule has 2 aromatic carbocycles. The number of aryl methyl sites for hydroxylation is 2. The summed E-state index contributed by atoms with van der Waals surface area (Å²) in [6, 6.07) is 15.0. The Morgan fingerprint density at radius 2 is 1.92 bits per heavy atom. The maximum atomic E-state index is 12.0. The molecule has 0 aliphatic carbocycles. The molecule has 5 nitrogen and oxygen atoms in total. The first kappa shape index (κ1) is 19.5. The number of ether oxygens (including phenoxy) is 1. The van der Waals surface area contributed by atoms with Crippen molar-refractivity contribution in [2.75, 3.05) is 17.7 Å². The molecule has 0 bridgehead atoms. The molecule has 0 atom stereocenters. The Labute approximate surface area is 157 Å². The van der Waals surface area contributed by atoms with Crippen molar-refractivity contribution < 1.29 is 14.3 Å². The van der Waals surface area contributed by atoms with E-state index in [4.69, 9.17) is 10.00 Å². The van der Waals surface area contributed by atoms with Crippen molar-refractivity contribution in [3.8, 4) is 6.07 Å². The van der Waals surface area contributed by atoms with Gasteiger partial charge in [-0.1, -0.05) is 30.3 Å². The summed E-state index contributed by atoms with van der Waals surface area (Å²) >= 11 is 1.33. The minimum atomic E-state index is -0.449. The number of nitrogens with zero attached hydrogens (tertiary/aromatic N) is 1. The van der Waals surface area contributed by atoms with Gasteiger partial charge < -0.3 is 10.1 Å². The van der Waals surface area contributed by atoms with Gasteiger partial charge in [-0.15, -0.1) is 11.8 Å². The molecular formula is C20H20N2O3S. The zero-order chi connectivity index (χ0) is 18.9. The summed E-state index contributed by atoms with van der Waals surface area (Å²) in [5.74, 6) is -0.573. The van der Waals surface area contributed by atoms with Crippen molar-refractivity contribution >= 4 is 29.3 Å². The normalized spacial score (nSPS) is 10.0. The fourth-order valence-electron chi connectivity index (χ4n) is 2.27. The van der Waals surface area contributed by atoms with E-state index in [2.05, 4.69) is 5.32 Å². The zero-order valence-electron chi connectivity index (χ0n) is 14.7. The van der Waals surface area contributed by atoms with Gasteiger partial charge in [-0.3, -0.25) is 9.59 Å². The van der Waals surface area contributed by atoms with Crippen LogP contribution in [0.25, 0.3) is 0 Å². The van der Waals surface area contributed by atoms with Gasteiger partial charge in [0.05, 0.1) is 23.9 Å². The topological polar surface area (TPSA) is 79.2 Å². The molecule has 0 fully saturated rings. The molecular weight excluding hydrogens is 348 g/mol. The number of thioether (sulfide) groups is 1. The summed E-state index contributed by atoms with van der Waals surface area (Å²) in [4.78, 5) is 24.8. The third-order valence-corrected chi connectivity index (χ3v) is 4.68. The number of hydrogen-bond donors (Lipinski definition) is 1. The lowest BCUT2D eigenvalue weighted by Gasteiger charge is -2.10. The first-order valence-corrected chi connectivity index (χ1v) is 9.08. The fourth-order valence-corrected chi connectivity index (χ4v) is 2.94. The monoisotopic (exact) mass is 368 g/mol. The predicted molar refractivity (Wildman–Crippen MR) is 102 cm³/mol. The average molecular weight is 368 g/mol. The summed E-state index contributed by atoms with van der Waals surface area (Å²) in [5.41, 5.74) is 3.73. The lowest BCUT2D eigenvalue weighted by atomic mass is 10.0. The molecule has 0 spiro atoms. The Bertz CT molecular complexity index is 843. The van der Waals surface area contributed by atoms with Crippen LogP contribution in [0.1, 0.15) is 16.7 Å². The number of hydrogen-bond acceptors (Lipinski definition) is 5. The third kappa shape index (κ3) is 5.94. The second-order valence-corrected chi connectivity index (χ2v) is 6.76. The highest BCUT2D eigenvalue weighted by atomic mass is 32.2. The Balaban J connectivity index is 1.86. The van der Waals surface area contributed by atoms with Gasteiger partial charge in [-0.25, -0.2) is 0 Å². The highest BCUT2D eigenvalue weighted by Gasteiger charge is 2.11. The predicted octanol–water partition coefficient (Wildman–Crippen LogP) is 3.64. The highest BCUT2D eigenvalue weighted by molar-refractivity contribution is 7.99. The molecule has 6 heteroatoms. The molecule has 0 aliphatic rings. The first-order chi connectivity index (χ1) is 12.5. The van der Waals surface area contributed by atoms with Gasteiger partial charge in [0, 0.05) is 4.90 Å². The Kier molecular flexibility index (Phi) is 7.24. The van der Waals surface area contributed by atoms with Crippen LogP contribution in [-0.4, -0.2) is 24.2 Å². The van der Waals surface area contributed by atoms with Gasteiger partial charge in [0.15, 0.2) is 6.61 Å². The SMILES string of the molecule is Cc1ccc(CC(=O)OCC(=O)Nc2ccccc2SCC#N)cc1C. The molecule has 0 saturated carbocycles. The number of anilines is 1. The standard InChI is InChI=1S/C20H20N2O3S/c1-14-7-8-16(11-15(14)2)12-20(24)25-13-19(23)22-17-5-3-4-6-18(17)26-10-9-21/h3-8,11H,10,12-13H2,1-2H3,(H,22,23). The molecule has 1 N–H and O–H groups in total. The van der Waals surface area contributed by atoms with E-state index in [1.165, 1.54) is 11.8 Å². The van der Waals surface area contributed by atoms with Crippen molar-refractivity contribution in [1.82, 2.24) is 0 Å². The molecule has 0 radical (unpaired) electrons. The summed E-state index contributed by atoms with van der Waals surface area (Å²) in [6.07, 6.45) is 0.128. The third-order valence-electron chi connectivity index (χ3n) is 3.74. The summed E-state index contributed by atoms with van der Waals surface area (Å²) < 4.78 is 5.06. The van der Waals surface area contributed by atoms with Crippen molar-refractivity contribution in [1.29, 1.82) is 5.26 Å². The van der Waals surface area contributed by atoms with Gasteiger partial charge in [0.1, 0.15) is 0 Å². The minimum absolute atomic E-state index is 0.128. The molecule has 2 rings (SSSR count). The Morgan fingerprint density at radius 1 is 1.15 bits per heavy atom. The van der Waals surface area contributed by atoms with E-state index in [0.29, 0.717) is 5.69 Å². The summed E-state index contributed by atoms with van der Waals surface area (Å²) in [7, 11) is 0. The van der Waals surface area contributed by atoms with Gasteiger partial charge in [-0.2, -0.15) is 5.26 Å². The van der Waals surface area contributed by atoms with Gasteiger partial charge in [0.25, 0.3) is 5.91 Å². The number of nitriles is 1. The molecule has 0 aliphatic heterocycles. The summed E-state index contributed by atoms with van der Waals surface area (Å²) in [5, 5.41) is 11.4. The molecule has 0 aromatic heterocycles. The first-order valence-electron chi connectivity index (χ1n) is 8.10. The number of carbonyl (C=O) groups excluding carboxylic acids is 2. The highest BCUT2D eigenvalue weighted by Crippen LogP contribution is 2.26. The molecule has 0 saturated heterocycles. The van der Waals surface area contributed by atoms with Crippen LogP contribution in [0.4, 0.5) is 5.69 Å². The number of nitrogens with one attached hydrogen (secondary N) is 1.